The van der Waals surface area contributed by atoms with Crippen molar-refractivity contribution in [2.45, 2.75) is 33.7 Å². The summed E-state index contributed by atoms with van der Waals surface area (Å²) in [6, 6.07) is 9.18. The Hall–Kier alpha value is -3.48. The summed E-state index contributed by atoms with van der Waals surface area (Å²) < 4.78 is 14.2. The van der Waals surface area contributed by atoms with E-state index in [2.05, 4.69) is 30.6 Å². The number of aromatic nitrogens is 4. The molecule has 3 aromatic heterocycles. The van der Waals surface area contributed by atoms with E-state index in [1.165, 1.54) is 6.07 Å². The van der Waals surface area contributed by atoms with Crippen LogP contribution in [-0.2, 0) is 13.0 Å². The summed E-state index contributed by atoms with van der Waals surface area (Å²) >= 11 is 0. The maximum Gasteiger partial charge on any atom is 0.147 e. The van der Waals surface area contributed by atoms with Crippen LogP contribution in [0, 0.1) is 26.6 Å². The molecule has 7 heteroatoms. The molecule has 0 saturated carbocycles. The molecule has 0 aliphatic carbocycles. The summed E-state index contributed by atoms with van der Waals surface area (Å²) in [5, 5.41) is 7.69. The lowest BCUT2D eigenvalue weighted by molar-refractivity contribution is 0.637. The molecule has 0 aliphatic heterocycles. The average molecular weight is 404 g/mol. The summed E-state index contributed by atoms with van der Waals surface area (Å²) in [7, 11) is 0. The number of fused-ring (bicyclic) bond motifs is 1. The molecule has 0 saturated heterocycles. The molecule has 4 rings (SSSR count). The van der Waals surface area contributed by atoms with Crippen LogP contribution in [0.25, 0.3) is 10.9 Å². The van der Waals surface area contributed by atoms with E-state index >= 15 is 0 Å². The summed E-state index contributed by atoms with van der Waals surface area (Å²) in [6.07, 6.45) is 4.31. The zero-order chi connectivity index (χ0) is 21.1. The highest BCUT2D eigenvalue weighted by atomic mass is 19.1. The van der Waals surface area contributed by atoms with Gasteiger partial charge in [0.1, 0.15) is 23.3 Å². The van der Waals surface area contributed by atoms with Gasteiger partial charge in [0, 0.05) is 42.6 Å². The number of nitrogens with zero attached hydrogens (tertiary/aromatic N) is 3. The van der Waals surface area contributed by atoms with E-state index < -0.39 is 0 Å². The molecule has 4 aromatic rings. The highest BCUT2D eigenvalue weighted by Crippen LogP contribution is 2.28. The number of halogens is 1. The summed E-state index contributed by atoms with van der Waals surface area (Å²) in [6.45, 7) is 7.23. The molecular formula is C23H25FN6. The van der Waals surface area contributed by atoms with E-state index in [9.17, 15) is 4.39 Å². The second kappa shape index (κ2) is 8.49. The standard InChI is InChI=1S/C23H25FN6/c1-14-4-5-19(24)23-22(14)18(15(2)28-23)8-11-26-20-12-21(30-16(3)29-20)27-13-17-6-9-25-10-7-17/h4-7,9-10,12,28H,8,11,13H2,1-3H3,(H2,26,27,29,30). The third-order valence-electron chi connectivity index (χ3n) is 5.17. The van der Waals surface area contributed by atoms with Crippen LogP contribution in [0.2, 0.25) is 0 Å². The van der Waals surface area contributed by atoms with Crippen molar-refractivity contribution >= 4 is 22.5 Å². The van der Waals surface area contributed by atoms with Crippen molar-refractivity contribution in [3.05, 3.63) is 76.8 Å². The first kappa shape index (κ1) is 19.8. The second-order valence-electron chi connectivity index (χ2n) is 7.41. The Balaban J connectivity index is 1.44. The van der Waals surface area contributed by atoms with E-state index in [1.807, 2.05) is 45.0 Å². The second-order valence-corrected chi connectivity index (χ2v) is 7.41. The zero-order valence-electron chi connectivity index (χ0n) is 17.4. The van der Waals surface area contributed by atoms with E-state index in [0.29, 0.717) is 24.4 Å². The number of aryl methyl sites for hydroxylation is 3. The summed E-state index contributed by atoms with van der Waals surface area (Å²) in [5.41, 5.74) is 4.93. The van der Waals surface area contributed by atoms with Crippen LogP contribution in [0.3, 0.4) is 0 Å². The Bertz CT molecular complexity index is 1170. The smallest absolute Gasteiger partial charge is 0.147 e. The molecule has 3 N–H and O–H groups in total. The molecule has 3 heterocycles. The van der Waals surface area contributed by atoms with Crippen LogP contribution in [0.4, 0.5) is 16.0 Å². The van der Waals surface area contributed by atoms with Gasteiger partial charge >= 0.3 is 0 Å². The van der Waals surface area contributed by atoms with Crippen LogP contribution in [0.1, 0.15) is 28.2 Å². The van der Waals surface area contributed by atoms with E-state index in [4.69, 9.17) is 0 Å². The number of hydrogen-bond acceptors (Lipinski definition) is 5. The Labute approximate surface area is 175 Å². The Morgan fingerprint density at radius 1 is 0.967 bits per heavy atom. The number of rotatable bonds is 7. The fraction of sp³-hybridized carbons (Fsp3) is 0.261. The SMILES string of the molecule is Cc1nc(NCCc2c(C)[nH]c3c(F)ccc(C)c23)cc(NCc2ccncc2)n1. The number of benzene rings is 1. The molecule has 6 nitrogen and oxygen atoms in total. The number of aromatic amines is 1. The van der Waals surface area contributed by atoms with Gasteiger partial charge in [0.25, 0.3) is 0 Å². The van der Waals surface area contributed by atoms with Crippen LogP contribution in [0.15, 0.2) is 42.7 Å². The van der Waals surface area contributed by atoms with Crippen LogP contribution >= 0.6 is 0 Å². The molecule has 0 amide bonds. The van der Waals surface area contributed by atoms with Gasteiger partial charge in [0.2, 0.25) is 0 Å². The quantitative estimate of drug-likeness (QED) is 0.417. The minimum Gasteiger partial charge on any atom is -0.370 e. The first-order chi connectivity index (χ1) is 14.5. The van der Waals surface area contributed by atoms with Crippen LogP contribution in [0.5, 0.6) is 0 Å². The Morgan fingerprint density at radius 3 is 2.47 bits per heavy atom. The van der Waals surface area contributed by atoms with Crippen molar-refractivity contribution < 1.29 is 4.39 Å². The van der Waals surface area contributed by atoms with Gasteiger partial charge in [-0.2, -0.15) is 0 Å². The van der Waals surface area contributed by atoms with Gasteiger partial charge in [-0.1, -0.05) is 6.07 Å². The number of anilines is 2. The van der Waals surface area contributed by atoms with Crippen molar-refractivity contribution in [3.63, 3.8) is 0 Å². The molecule has 0 radical (unpaired) electrons. The maximum atomic E-state index is 14.2. The predicted molar refractivity (Wildman–Crippen MR) is 118 cm³/mol. The van der Waals surface area contributed by atoms with Gasteiger partial charge < -0.3 is 15.6 Å². The lowest BCUT2D eigenvalue weighted by Gasteiger charge is -2.11. The fourth-order valence-electron chi connectivity index (χ4n) is 3.71. The summed E-state index contributed by atoms with van der Waals surface area (Å²) in [5.74, 6) is 2.01. The maximum absolute atomic E-state index is 14.2. The topological polar surface area (TPSA) is 78.5 Å². The molecule has 154 valence electrons. The first-order valence-corrected chi connectivity index (χ1v) is 10.00. The molecule has 0 atom stereocenters. The minimum absolute atomic E-state index is 0.214. The Morgan fingerprint density at radius 2 is 1.70 bits per heavy atom. The highest BCUT2D eigenvalue weighted by Gasteiger charge is 2.13. The van der Waals surface area contributed by atoms with E-state index in [0.717, 1.165) is 45.8 Å². The van der Waals surface area contributed by atoms with Gasteiger partial charge in [-0.3, -0.25) is 4.98 Å². The number of pyridine rings is 1. The molecule has 30 heavy (non-hydrogen) atoms. The number of hydrogen-bond donors (Lipinski definition) is 3. The molecule has 0 unspecified atom stereocenters. The highest BCUT2D eigenvalue weighted by molar-refractivity contribution is 5.88. The molecular weight excluding hydrogens is 379 g/mol. The Kier molecular flexibility index (Phi) is 5.61. The number of H-pyrrole nitrogens is 1. The lowest BCUT2D eigenvalue weighted by atomic mass is 10.0. The summed E-state index contributed by atoms with van der Waals surface area (Å²) in [4.78, 5) is 16.2. The third-order valence-corrected chi connectivity index (χ3v) is 5.17. The lowest BCUT2D eigenvalue weighted by Crippen LogP contribution is -2.10. The van der Waals surface area contributed by atoms with Gasteiger partial charge in [-0.25, -0.2) is 14.4 Å². The molecule has 0 bridgehead atoms. The van der Waals surface area contributed by atoms with Gasteiger partial charge in [0.15, 0.2) is 0 Å². The third kappa shape index (κ3) is 4.25. The largest absolute Gasteiger partial charge is 0.370 e. The predicted octanol–water partition coefficient (Wildman–Crippen LogP) is 4.68. The zero-order valence-corrected chi connectivity index (χ0v) is 17.4. The van der Waals surface area contributed by atoms with E-state index in [-0.39, 0.29) is 5.82 Å². The van der Waals surface area contributed by atoms with Crippen LogP contribution < -0.4 is 10.6 Å². The monoisotopic (exact) mass is 404 g/mol. The van der Waals surface area contributed by atoms with Gasteiger partial charge in [0.05, 0.1) is 5.52 Å². The van der Waals surface area contributed by atoms with Gasteiger partial charge in [-0.05, 0) is 62.1 Å². The number of nitrogens with one attached hydrogen (secondary N) is 3. The normalized spacial score (nSPS) is 11.1. The first-order valence-electron chi connectivity index (χ1n) is 10.00. The van der Waals surface area contributed by atoms with Crippen molar-refractivity contribution in [2.75, 3.05) is 17.2 Å². The van der Waals surface area contributed by atoms with Crippen LogP contribution in [-0.4, -0.2) is 26.5 Å². The fourth-order valence-corrected chi connectivity index (χ4v) is 3.71. The van der Waals surface area contributed by atoms with Crippen molar-refractivity contribution in [3.8, 4) is 0 Å². The van der Waals surface area contributed by atoms with Crippen molar-refractivity contribution in [1.82, 2.24) is 19.9 Å². The molecule has 0 aliphatic rings. The van der Waals surface area contributed by atoms with Crippen molar-refractivity contribution in [2.24, 2.45) is 0 Å². The molecule has 0 fully saturated rings. The minimum atomic E-state index is -0.214. The van der Waals surface area contributed by atoms with E-state index in [1.54, 1.807) is 12.4 Å². The molecule has 1 aromatic carbocycles. The van der Waals surface area contributed by atoms with Gasteiger partial charge in [-0.15, -0.1) is 0 Å². The molecule has 0 spiro atoms. The van der Waals surface area contributed by atoms with Crippen molar-refractivity contribution in [1.29, 1.82) is 0 Å². The average Bonchev–Trinajstić information content (AvgIpc) is 3.07.